The van der Waals surface area contributed by atoms with Crippen LogP contribution in [0.25, 0.3) is 20.7 Å². The number of nitrogens with zero attached hydrogens (tertiary/aromatic N) is 1. The molecular formula is C17H11ClN2OS3. The monoisotopic (exact) mass is 390 g/mol. The molecule has 1 N–H and O–H groups in total. The van der Waals surface area contributed by atoms with Crippen molar-refractivity contribution in [1.82, 2.24) is 4.98 Å². The average molecular weight is 391 g/mol. The van der Waals surface area contributed by atoms with E-state index in [4.69, 9.17) is 11.6 Å². The second-order valence-corrected chi connectivity index (χ2v) is 8.45. The number of hydrogen-bond donors (Lipinski definition) is 1. The first-order chi connectivity index (χ1) is 11.6. The highest BCUT2D eigenvalue weighted by molar-refractivity contribution is 7.22. The third kappa shape index (κ3) is 2.86. The molecule has 0 saturated heterocycles. The Balaban J connectivity index is 1.62. The van der Waals surface area contributed by atoms with E-state index in [2.05, 4.69) is 10.3 Å². The van der Waals surface area contributed by atoms with Crippen molar-refractivity contribution in [3.63, 3.8) is 0 Å². The Morgan fingerprint density at radius 2 is 2.12 bits per heavy atom. The van der Waals surface area contributed by atoms with Gasteiger partial charge in [0.15, 0.2) is 5.13 Å². The van der Waals surface area contributed by atoms with Gasteiger partial charge in [-0.2, -0.15) is 0 Å². The van der Waals surface area contributed by atoms with Crippen LogP contribution in [0.4, 0.5) is 5.13 Å². The van der Waals surface area contributed by atoms with Gasteiger partial charge in [0.05, 0.1) is 15.6 Å². The van der Waals surface area contributed by atoms with Crippen LogP contribution < -0.4 is 5.32 Å². The molecule has 3 nitrogen and oxygen atoms in total. The Labute approximate surface area is 155 Å². The molecule has 24 heavy (non-hydrogen) atoms. The highest BCUT2D eigenvalue weighted by Gasteiger charge is 2.18. The van der Waals surface area contributed by atoms with Gasteiger partial charge in [0.25, 0.3) is 5.91 Å². The van der Waals surface area contributed by atoms with Gasteiger partial charge in [-0.1, -0.05) is 29.8 Å². The smallest absolute Gasteiger partial charge is 0.269 e. The number of carbonyl (C=O) groups is 1. The fraction of sp³-hybridized carbons (Fsp3) is 0.0588. The number of nitrogens with one attached hydrogen (secondary N) is 1. The van der Waals surface area contributed by atoms with E-state index in [1.807, 2.05) is 48.0 Å². The molecule has 0 bridgehead atoms. The number of hydrogen-bond acceptors (Lipinski definition) is 5. The Bertz CT molecular complexity index is 1030. The molecular weight excluding hydrogens is 380 g/mol. The number of benzene rings is 1. The van der Waals surface area contributed by atoms with Crippen LogP contribution in [0.3, 0.4) is 0 Å². The van der Waals surface area contributed by atoms with Crippen molar-refractivity contribution in [2.75, 3.05) is 5.32 Å². The maximum Gasteiger partial charge on any atom is 0.269 e. The van der Waals surface area contributed by atoms with Gasteiger partial charge < -0.3 is 0 Å². The Kier molecular flexibility index (Phi) is 4.14. The fourth-order valence-corrected chi connectivity index (χ4v) is 5.32. The molecule has 0 spiro atoms. The zero-order valence-corrected chi connectivity index (χ0v) is 15.7. The molecule has 3 heterocycles. The molecule has 4 aromatic rings. The number of aromatic nitrogens is 1. The van der Waals surface area contributed by atoms with Gasteiger partial charge in [0.2, 0.25) is 0 Å². The van der Waals surface area contributed by atoms with Crippen LogP contribution in [0.1, 0.15) is 15.2 Å². The number of rotatable bonds is 3. The van der Waals surface area contributed by atoms with Crippen molar-refractivity contribution in [3.05, 3.63) is 56.6 Å². The summed E-state index contributed by atoms with van der Waals surface area (Å²) < 4.78 is 1.02. The van der Waals surface area contributed by atoms with Crippen molar-refractivity contribution in [1.29, 1.82) is 0 Å². The van der Waals surface area contributed by atoms with E-state index in [0.717, 1.165) is 26.2 Å². The number of anilines is 1. The summed E-state index contributed by atoms with van der Waals surface area (Å²) in [6.07, 6.45) is 0. The second kappa shape index (κ2) is 6.29. The molecule has 0 aliphatic heterocycles. The Morgan fingerprint density at radius 3 is 2.92 bits per heavy atom. The number of thiophene rings is 2. The molecule has 4 rings (SSSR count). The fourth-order valence-electron chi connectivity index (χ4n) is 2.34. The van der Waals surface area contributed by atoms with Crippen LogP contribution in [0.2, 0.25) is 5.02 Å². The second-order valence-electron chi connectivity index (χ2n) is 5.21. The highest BCUT2D eigenvalue weighted by Crippen LogP contribution is 2.36. The van der Waals surface area contributed by atoms with Crippen LogP contribution in [0, 0.1) is 6.92 Å². The average Bonchev–Trinajstić information content (AvgIpc) is 3.27. The zero-order valence-electron chi connectivity index (χ0n) is 12.5. The van der Waals surface area contributed by atoms with Crippen LogP contribution in [0.5, 0.6) is 0 Å². The first-order valence-electron chi connectivity index (χ1n) is 7.11. The predicted octanol–water partition coefficient (Wildman–Crippen LogP) is 6.30. The minimum absolute atomic E-state index is 0.217. The lowest BCUT2D eigenvalue weighted by Gasteiger charge is -1.99. The summed E-state index contributed by atoms with van der Waals surface area (Å²) in [5, 5.41) is 8.80. The molecule has 0 atom stereocenters. The lowest BCUT2D eigenvalue weighted by molar-refractivity contribution is 0.103. The van der Waals surface area contributed by atoms with Crippen molar-refractivity contribution >= 4 is 66.7 Å². The van der Waals surface area contributed by atoms with Crippen molar-refractivity contribution < 1.29 is 4.79 Å². The van der Waals surface area contributed by atoms with Gasteiger partial charge >= 0.3 is 0 Å². The number of fused-ring (bicyclic) bond motifs is 1. The zero-order chi connectivity index (χ0) is 16.7. The van der Waals surface area contributed by atoms with Gasteiger partial charge in [0, 0.05) is 15.5 Å². The van der Waals surface area contributed by atoms with E-state index < -0.39 is 0 Å². The first-order valence-corrected chi connectivity index (χ1v) is 10.1. The number of carbonyl (C=O) groups excluding carboxylic acids is 1. The summed E-state index contributed by atoms with van der Waals surface area (Å²) in [4.78, 5) is 18.6. The topological polar surface area (TPSA) is 42.0 Å². The van der Waals surface area contributed by atoms with Crippen LogP contribution in [-0.4, -0.2) is 10.9 Å². The van der Waals surface area contributed by atoms with Crippen LogP contribution in [0.15, 0.2) is 41.1 Å². The standard InChI is InChI=1S/C17H11ClN2OS3/c1-9-4-5-10-13(7-9)24-15(14(10)18)16(21)20-17-19-11(8-23-17)12-3-2-6-22-12/h2-8H,1H3,(H,19,20,21). The molecule has 0 saturated carbocycles. The molecule has 1 amide bonds. The molecule has 0 fully saturated rings. The lowest BCUT2D eigenvalue weighted by atomic mass is 10.2. The van der Waals surface area contributed by atoms with Gasteiger partial charge in [-0.3, -0.25) is 10.1 Å². The van der Waals surface area contributed by atoms with Crippen molar-refractivity contribution in [3.8, 4) is 10.6 Å². The van der Waals surface area contributed by atoms with E-state index in [1.165, 1.54) is 22.7 Å². The maximum atomic E-state index is 12.6. The minimum Gasteiger partial charge on any atom is -0.297 e. The quantitative estimate of drug-likeness (QED) is 0.446. The largest absolute Gasteiger partial charge is 0.297 e. The van der Waals surface area contributed by atoms with Crippen molar-refractivity contribution in [2.24, 2.45) is 0 Å². The summed E-state index contributed by atoms with van der Waals surface area (Å²) in [5.74, 6) is -0.217. The summed E-state index contributed by atoms with van der Waals surface area (Å²) in [7, 11) is 0. The number of amides is 1. The van der Waals surface area contributed by atoms with Crippen LogP contribution in [-0.2, 0) is 0 Å². The van der Waals surface area contributed by atoms with E-state index >= 15 is 0 Å². The third-order valence-electron chi connectivity index (χ3n) is 3.49. The molecule has 1 aromatic carbocycles. The molecule has 0 unspecified atom stereocenters. The number of thiazole rings is 1. The van der Waals surface area contributed by atoms with Crippen LogP contribution >= 0.6 is 45.6 Å². The summed E-state index contributed by atoms with van der Waals surface area (Å²) in [5.41, 5.74) is 2.02. The molecule has 0 radical (unpaired) electrons. The molecule has 0 aliphatic carbocycles. The molecule has 3 aromatic heterocycles. The van der Waals surface area contributed by atoms with E-state index in [0.29, 0.717) is 15.0 Å². The van der Waals surface area contributed by atoms with E-state index in [-0.39, 0.29) is 5.91 Å². The third-order valence-corrected chi connectivity index (χ3v) is 6.80. The van der Waals surface area contributed by atoms with Crippen molar-refractivity contribution in [2.45, 2.75) is 6.92 Å². The Hall–Kier alpha value is -1.73. The van der Waals surface area contributed by atoms with Gasteiger partial charge in [-0.25, -0.2) is 4.98 Å². The number of halogens is 1. The number of aryl methyl sites for hydroxylation is 1. The SMILES string of the molecule is Cc1ccc2c(Cl)c(C(=O)Nc3nc(-c4cccs4)cs3)sc2c1. The molecule has 0 aliphatic rings. The summed E-state index contributed by atoms with van der Waals surface area (Å²) >= 11 is 10.8. The van der Waals surface area contributed by atoms with E-state index in [9.17, 15) is 4.79 Å². The molecule has 7 heteroatoms. The van der Waals surface area contributed by atoms with Gasteiger partial charge in [0.1, 0.15) is 4.88 Å². The summed E-state index contributed by atoms with van der Waals surface area (Å²) in [6.45, 7) is 2.02. The first kappa shape index (κ1) is 15.8. The summed E-state index contributed by atoms with van der Waals surface area (Å²) in [6, 6.07) is 9.99. The van der Waals surface area contributed by atoms with Gasteiger partial charge in [-0.15, -0.1) is 34.0 Å². The normalized spacial score (nSPS) is 11.1. The van der Waals surface area contributed by atoms with E-state index in [1.54, 1.807) is 11.3 Å². The minimum atomic E-state index is -0.217. The predicted molar refractivity (Wildman–Crippen MR) is 105 cm³/mol. The lowest BCUT2D eigenvalue weighted by Crippen LogP contribution is -2.10. The Morgan fingerprint density at radius 1 is 1.25 bits per heavy atom. The maximum absolute atomic E-state index is 12.6. The molecule has 120 valence electrons. The highest BCUT2D eigenvalue weighted by atomic mass is 35.5. The van der Waals surface area contributed by atoms with Gasteiger partial charge in [-0.05, 0) is 30.0 Å².